The first-order valence-corrected chi connectivity index (χ1v) is 6.94. The van der Waals surface area contributed by atoms with Crippen molar-refractivity contribution in [2.24, 2.45) is 5.41 Å². The molecule has 20 heavy (non-hydrogen) atoms. The number of rotatable bonds is 7. The molecule has 0 aliphatic heterocycles. The fraction of sp³-hybridized carbons (Fsp3) is 0.643. The van der Waals surface area contributed by atoms with E-state index in [0.29, 0.717) is 12.4 Å². The number of hydrogen-bond acceptors (Lipinski definition) is 5. The van der Waals surface area contributed by atoms with E-state index in [1.807, 2.05) is 26.8 Å². The normalized spacial score (nSPS) is 11.1. The monoisotopic (exact) mass is 279 g/mol. The summed E-state index contributed by atoms with van der Waals surface area (Å²) in [6.45, 7) is 9.13. The number of carbonyl (C=O) groups is 1. The largest absolute Gasteiger partial charge is 0.370 e. The number of aryl methyl sites for hydroxylation is 1. The van der Waals surface area contributed by atoms with Gasteiger partial charge >= 0.3 is 0 Å². The lowest BCUT2D eigenvalue weighted by Gasteiger charge is -2.23. The van der Waals surface area contributed by atoms with Gasteiger partial charge < -0.3 is 16.0 Å². The molecule has 1 aromatic heterocycles. The first-order valence-electron chi connectivity index (χ1n) is 6.94. The average Bonchev–Trinajstić information content (AvgIpc) is 2.41. The van der Waals surface area contributed by atoms with E-state index in [1.54, 1.807) is 7.05 Å². The Bertz CT molecular complexity index is 459. The smallest absolute Gasteiger partial charge is 0.227 e. The summed E-state index contributed by atoms with van der Waals surface area (Å²) in [4.78, 5) is 20.4. The number of nitrogens with zero attached hydrogens (tertiary/aromatic N) is 2. The summed E-state index contributed by atoms with van der Waals surface area (Å²) in [5.41, 5.74) is -0.495. The van der Waals surface area contributed by atoms with Gasteiger partial charge in [0.25, 0.3) is 0 Å². The quantitative estimate of drug-likeness (QED) is 0.709. The van der Waals surface area contributed by atoms with Gasteiger partial charge in [0.2, 0.25) is 5.91 Å². The second-order valence-corrected chi connectivity index (χ2v) is 5.43. The van der Waals surface area contributed by atoms with Crippen LogP contribution in [0.4, 0.5) is 11.6 Å². The van der Waals surface area contributed by atoms with Gasteiger partial charge in [0.15, 0.2) is 0 Å². The highest BCUT2D eigenvalue weighted by Crippen LogP contribution is 2.17. The minimum absolute atomic E-state index is 0.000101. The Morgan fingerprint density at radius 2 is 1.85 bits per heavy atom. The third-order valence-electron chi connectivity index (χ3n) is 2.95. The van der Waals surface area contributed by atoms with Gasteiger partial charge in [-0.15, -0.1) is 0 Å². The Morgan fingerprint density at radius 1 is 1.25 bits per heavy atom. The molecule has 1 aromatic rings. The van der Waals surface area contributed by atoms with Gasteiger partial charge in [-0.3, -0.25) is 4.79 Å². The summed E-state index contributed by atoms with van der Waals surface area (Å²) in [7, 11) is 1.64. The Hall–Kier alpha value is -1.85. The van der Waals surface area contributed by atoms with Crippen molar-refractivity contribution in [3.05, 3.63) is 11.9 Å². The molecule has 0 spiro atoms. The number of amides is 1. The zero-order valence-electron chi connectivity index (χ0n) is 13.0. The first-order chi connectivity index (χ1) is 9.39. The predicted octanol–water partition coefficient (Wildman–Crippen LogP) is 1.79. The van der Waals surface area contributed by atoms with E-state index in [1.165, 1.54) is 0 Å². The number of hydrogen-bond donors (Lipinski definition) is 3. The summed E-state index contributed by atoms with van der Waals surface area (Å²) >= 11 is 0. The molecule has 112 valence electrons. The SMILES string of the molecule is CCCNc1cc(NCC(C)(C)C(=O)NC)nc(C)n1. The van der Waals surface area contributed by atoms with Crippen LogP contribution in [0.5, 0.6) is 0 Å². The molecule has 6 nitrogen and oxygen atoms in total. The number of anilines is 2. The molecule has 0 saturated heterocycles. The summed E-state index contributed by atoms with van der Waals surface area (Å²) in [6.07, 6.45) is 1.04. The topological polar surface area (TPSA) is 78.9 Å². The second kappa shape index (κ2) is 7.07. The number of carbonyl (C=O) groups excluding carboxylic acids is 1. The van der Waals surface area contributed by atoms with Crippen LogP contribution in [0, 0.1) is 12.3 Å². The third-order valence-corrected chi connectivity index (χ3v) is 2.95. The minimum Gasteiger partial charge on any atom is -0.370 e. The molecule has 1 rings (SSSR count). The lowest BCUT2D eigenvalue weighted by atomic mass is 9.92. The highest BCUT2D eigenvalue weighted by molar-refractivity contribution is 5.82. The maximum atomic E-state index is 11.7. The molecule has 1 heterocycles. The van der Waals surface area contributed by atoms with E-state index in [9.17, 15) is 4.79 Å². The fourth-order valence-corrected chi connectivity index (χ4v) is 1.73. The van der Waals surface area contributed by atoms with E-state index in [-0.39, 0.29) is 5.91 Å². The third kappa shape index (κ3) is 4.68. The average molecular weight is 279 g/mol. The summed E-state index contributed by atoms with van der Waals surface area (Å²) in [6, 6.07) is 1.86. The maximum Gasteiger partial charge on any atom is 0.227 e. The maximum absolute atomic E-state index is 11.7. The van der Waals surface area contributed by atoms with E-state index < -0.39 is 5.41 Å². The Morgan fingerprint density at radius 3 is 2.40 bits per heavy atom. The van der Waals surface area contributed by atoms with Crippen molar-refractivity contribution in [2.45, 2.75) is 34.1 Å². The van der Waals surface area contributed by atoms with Crippen LogP contribution < -0.4 is 16.0 Å². The Labute approximate surface area is 120 Å². The van der Waals surface area contributed by atoms with Gasteiger partial charge in [-0.2, -0.15) is 0 Å². The zero-order chi connectivity index (χ0) is 15.2. The van der Waals surface area contributed by atoms with Gasteiger partial charge in [-0.25, -0.2) is 9.97 Å². The molecule has 0 unspecified atom stereocenters. The molecular weight excluding hydrogens is 254 g/mol. The van der Waals surface area contributed by atoms with Crippen molar-refractivity contribution in [2.75, 3.05) is 30.8 Å². The molecule has 0 bridgehead atoms. The van der Waals surface area contributed by atoms with Crippen molar-refractivity contribution < 1.29 is 4.79 Å². The standard InChI is InChI=1S/C14H25N5O/c1-6-7-16-11-8-12(19-10(2)18-11)17-9-14(3,4)13(20)15-5/h8H,6-7,9H2,1-5H3,(H,15,20)(H2,16,17,18,19). The van der Waals surface area contributed by atoms with Crippen LogP contribution in [0.1, 0.15) is 33.0 Å². The molecule has 0 saturated carbocycles. The number of aromatic nitrogens is 2. The lowest BCUT2D eigenvalue weighted by Crippen LogP contribution is -2.39. The highest BCUT2D eigenvalue weighted by atomic mass is 16.2. The molecule has 0 aliphatic carbocycles. The van der Waals surface area contributed by atoms with Crippen LogP contribution in [0.2, 0.25) is 0 Å². The van der Waals surface area contributed by atoms with Crippen LogP contribution in [-0.2, 0) is 4.79 Å². The molecular formula is C14H25N5O. The van der Waals surface area contributed by atoms with Crippen molar-refractivity contribution >= 4 is 17.5 Å². The lowest BCUT2D eigenvalue weighted by molar-refractivity contribution is -0.128. The number of nitrogens with one attached hydrogen (secondary N) is 3. The molecule has 3 N–H and O–H groups in total. The van der Waals surface area contributed by atoms with E-state index in [4.69, 9.17) is 0 Å². The van der Waals surface area contributed by atoms with E-state index >= 15 is 0 Å². The van der Waals surface area contributed by atoms with Gasteiger partial charge in [-0.05, 0) is 27.2 Å². The van der Waals surface area contributed by atoms with Crippen LogP contribution in [-0.4, -0.2) is 36.0 Å². The van der Waals surface area contributed by atoms with E-state index in [2.05, 4.69) is 32.8 Å². The van der Waals surface area contributed by atoms with Gasteiger partial charge in [0.05, 0.1) is 5.41 Å². The summed E-state index contributed by atoms with van der Waals surface area (Å²) in [5.74, 6) is 2.24. The Balaban J connectivity index is 2.72. The van der Waals surface area contributed by atoms with Crippen LogP contribution in [0.3, 0.4) is 0 Å². The predicted molar refractivity (Wildman–Crippen MR) is 81.9 cm³/mol. The molecule has 0 radical (unpaired) electrons. The van der Waals surface area contributed by atoms with Crippen molar-refractivity contribution in [1.82, 2.24) is 15.3 Å². The first kappa shape index (κ1) is 16.2. The molecule has 0 aromatic carbocycles. The van der Waals surface area contributed by atoms with Crippen LogP contribution >= 0.6 is 0 Å². The van der Waals surface area contributed by atoms with Crippen LogP contribution in [0.15, 0.2) is 6.07 Å². The molecule has 0 aliphatic rings. The van der Waals surface area contributed by atoms with Gasteiger partial charge in [-0.1, -0.05) is 6.92 Å². The van der Waals surface area contributed by atoms with E-state index in [0.717, 1.165) is 24.6 Å². The minimum atomic E-state index is -0.495. The fourth-order valence-electron chi connectivity index (χ4n) is 1.73. The molecule has 0 fully saturated rings. The molecule has 0 atom stereocenters. The van der Waals surface area contributed by atoms with Crippen molar-refractivity contribution in [3.8, 4) is 0 Å². The highest BCUT2D eigenvalue weighted by Gasteiger charge is 2.26. The molecule has 6 heteroatoms. The van der Waals surface area contributed by atoms with Gasteiger partial charge in [0, 0.05) is 26.2 Å². The molecule has 1 amide bonds. The summed E-state index contributed by atoms with van der Waals surface area (Å²) < 4.78 is 0. The summed E-state index contributed by atoms with van der Waals surface area (Å²) in [5, 5.41) is 9.11. The van der Waals surface area contributed by atoms with Crippen LogP contribution in [0.25, 0.3) is 0 Å². The zero-order valence-corrected chi connectivity index (χ0v) is 13.0. The Kier molecular flexibility index (Phi) is 5.73. The van der Waals surface area contributed by atoms with Gasteiger partial charge in [0.1, 0.15) is 17.5 Å². The van der Waals surface area contributed by atoms with Crippen molar-refractivity contribution in [3.63, 3.8) is 0 Å². The second-order valence-electron chi connectivity index (χ2n) is 5.43. The van der Waals surface area contributed by atoms with Crippen molar-refractivity contribution in [1.29, 1.82) is 0 Å².